The van der Waals surface area contributed by atoms with Crippen molar-refractivity contribution in [1.29, 1.82) is 0 Å². The normalized spacial score (nSPS) is 24.1. The Hall–Kier alpha value is -0.850. The molecule has 0 radical (unpaired) electrons. The van der Waals surface area contributed by atoms with E-state index in [0.717, 1.165) is 0 Å². The number of cyclic esters (lactones) is 2. The van der Waals surface area contributed by atoms with E-state index in [1.54, 1.807) is 0 Å². The van der Waals surface area contributed by atoms with Crippen LogP contribution in [0.3, 0.4) is 0 Å². The summed E-state index contributed by atoms with van der Waals surface area (Å²) in [5.74, 6) is -2.34. The highest BCUT2D eigenvalue weighted by atomic mass is 17.0. The second kappa shape index (κ2) is 2.08. The number of aliphatic hydroxyl groups excluding tert-OH is 2. The third kappa shape index (κ3) is 0.919. The van der Waals surface area contributed by atoms with Crippen molar-refractivity contribution >= 4 is 6.16 Å². The van der Waals surface area contributed by atoms with Gasteiger partial charge >= 0.3 is 12.1 Å². The molecular weight excluding hydrogens is 144 g/mol. The van der Waals surface area contributed by atoms with Gasteiger partial charge in [0, 0.05) is 0 Å². The summed E-state index contributed by atoms with van der Waals surface area (Å²) in [5.41, 5.74) is 0. The van der Waals surface area contributed by atoms with Gasteiger partial charge in [0.1, 0.15) is 0 Å². The minimum absolute atomic E-state index is 0.746. The van der Waals surface area contributed by atoms with Gasteiger partial charge < -0.3 is 24.8 Å². The Kier molecular flexibility index (Phi) is 1.51. The Morgan fingerprint density at radius 2 is 2.10 bits per heavy atom. The number of hydrogen-bond acceptors (Lipinski definition) is 6. The third-order valence-electron chi connectivity index (χ3n) is 1.05. The molecule has 58 valence electrons. The zero-order valence-corrected chi connectivity index (χ0v) is 4.85. The van der Waals surface area contributed by atoms with Crippen molar-refractivity contribution in [2.75, 3.05) is 6.61 Å². The topological polar surface area (TPSA) is 96.2 Å². The van der Waals surface area contributed by atoms with Gasteiger partial charge in [-0.25, -0.2) is 4.79 Å². The van der Waals surface area contributed by atoms with Gasteiger partial charge in [-0.15, -0.1) is 0 Å². The Morgan fingerprint density at radius 3 is 2.40 bits per heavy atom. The van der Waals surface area contributed by atoms with Crippen LogP contribution in [0.1, 0.15) is 0 Å². The standard InChI is InChI=1S/C4H6O6/c5-1-2(6)4(8)9-3(7)10-4/h2,5-6,8H,1H2. The molecule has 1 atom stereocenters. The predicted molar refractivity (Wildman–Crippen MR) is 25.6 cm³/mol. The average Bonchev–Trinajstić information content (AvgIpc) is 1.83. The molecular formula is C4H6O6. The SMILES string of the molecule is O=C1OC(O)(C(O)CO)O1. The van der Waals surface area contributed by atoms with E-state index in [9.17, 15) is 4.79 Å². The zero-order chi connectivity index (χ0) is 7.78. The van der Waals surface area contributed by atoms with Crippen molar-refractivity contribution in [2.45, 2.75) is 12.1 Å². The quantitative estimate of drug-likeness (QED) is 0.400. The Balaban J connectivity index is 2.47. The summed E-state index contributed by atoms with van der Waals surface area (Å²) in [6.07, 6.45) is -2.69. The fraction of sp³-hybridized carbons (Fsp3) is 0.750. The summed E-state index contributed by atoms with van der Waals surface area (Å²) in [4.78, 5) is 9.94. The lowest BCUT2D eigenvalue weighted by molar-refractivity contribution is -0.420. The van der Waals surface area contributed by atoms with Crippen LogP contribution in [0.4, 0.5) is 4.79 Å². The first kappa shape index (κ1) is 7.26. The Labute approximate surface area is 55.6 Å². The van der Waals surface area contributed by atoms with Crippen LogP contribution in [-0.2, 0) is 9.47 Å². The van der Waals surface area contributed by atoms with Crippen LogP contribution in [0.25, 0.3) is 0 Å². The maximum absolute atomic E-state index is 9.94. The number of aliphatic hydroxyl groups is 3. The van der Waals surface area contributed by atoms with Crippen LogP contribution in [0.5, 0.6) is 0 Å². The largest absolute Gasteiger partial charge is 0.518 e. The highest BCUT2D eigenvalue weighted by molar-refractivity contribution is 5.65. The molecule has 1 unspecified atom stereocenters. The first-order chi connectivity index (χ1) is 4.58. The third-order valence-corrected chi connectivity index (χ3v) is 1.05. The van der Waals surface area contributed by atoms with E-state index in [-0.39, 0.29) is 0 Å². The summed E-state index contributed by atoms with van der Waals surface area (Å²) >= 11 is 0. The Bertz CT molecular complexity index is 146. The number of carbonyl (C=O) groups excluding carboxylic acids is 1. The van der Waals surface area contributed by atoms with E-state index in [1.807, 2.05) is 0 Å². The zero-order valence-electron chi connectivity index (χ0n) is 4.85. The van der Waals surface area contributed by atoms with E-state index in [2.05, 4.69) is 9.47 Å². The molecule has 10 heavy (non-hydrogen) atoms. The molecule has 1 fully saturated rings. The number of ether oxygens (including phenoxy) is 2. The molecule has 0 aromatic heterocycles. The number of hydrogen-bond donors (Lipinski definition) is 3. The van der Waals surface area contributed by atoms with E-state index >= 15 is 0 Å². The van der Waals surface area contributed by atoms with Crippen LogP contribution in [-0.4, -0.2) is 40.2 Å². The van der Waals surface area contributed by atoms with Crippen LogP contribution in [0.15, 0.2) is 0 Å². The van der Waals surface area contributed by atoms with Crippen LogP contribution < -0.4 is 0 Å². The van der Waals surface area contributed by atoms with Gasteiger partial charge in [-0.2, -0.15) is 0 Å². The molecule has 1 aliphatic heterocycles. The monoisotopic (exact) mass is 150 g/mol. The van der Waals surface area contributed by atoms with Crippen molar-refractivity contribution < 1.29 is 29.6 Å². The molecule has 1 rings (SSSR count). The fourth-order valence-electron chi connectivity index (χ4n) is 0.498. The van der Waals surface area contributed by atoms with Gasteiger partial charge in [-0.05, 0) is 0 Å². The molecule has 0 amide bonds. The van der Waals surface area contributed by atoms with E-state index in [4.69, 9.17) is 15.3 Å². The second-order valence-electron chi connectivity index (χ2n) is 1.78. The van der Waals surface area contributed by atoms with E-state index < -0.39 is 24.8 Å². The highest BCUT2D eigenvalue weighted by Gasteiger charge is 2.53. The molecule has 3 N–H and O–H groups in total. The average molecular weight is 150 g/mol. The van der Waals surface area contributed by atoms with Crippen molar-refractivity contribution in [3.05, 3.63) is 0 Å². The number of rotatable bonds is 2. The second-order valence-corrected chi connectivity index (χ2v) is 1.78. The van der Waals surface area contributed by atoms with E-state index in [0.29, 0.717) is 0 Å². The van der Waals surface area contributed by atoms with Crippen LogP contribution in [0.2, 0.25) is 0 Å². The summed E-state index contributed by atoms with van der Waals surface area (Å²) in [6.45, 7) is -0.746. The van der Waals surface area contributed by atoms with Gasteiger partial charge in [0.25, 0.3) is 0 Å². The summed E-state index contributed by atoms with van der Waals surface area (Å²) in [7, 11) is 0. The summed E-state index contributed by atoms with van der Waals surface area (Å²) in [6, 6.07) is 0. The molecule has 1 heterocycles. The van der Waals surface area contributed by atoms with Gasteiger partial charge in [-0.1, -0.05) is 0 Å². The van der Waals surface area contributed by atoms with Crippen molar-refractivity contribution in [3.63, 3.8) is 0 Å². The van der Waals surface area contributed by atoms with E-state index in [1.165, 1.54) is 0 Å². The molecule has 0 spiro atoms. The lowest BCUT2D eigenvalue weighted by Gasteiger charge is -2.36. The summed E-state index contributed by atoms with van der Waals surface area (Å²) in [5, 5.41) is 25.7. The molecule has 6 nitrogen and oxygen atoms in total. The molecule has 1 aliphatic rings. The molecule has 0 aliphatic carbocycles. The minimum atomic E-state index is -2.34. The number of carbonyl (C=O) groups is 1. The van der Waals surface area contributed by atoms with Crippen molar-refractivity contribution in [3.8, 4) is 0 Å². The van der Waals surface area contributed by atoms with Gasteiger partial charge in [0.15, 0.2) is 6.10 Å². The fourth-order valence-corrected chi connectivity index (χ4v) is 0.498. The highest BCUT2D eigenvalue weighted by Crippen LogP contribution is 2.25. The lowest BCUT2D eigenvalue weighted by atomic mass is 10.3. The predicted octanol–water partition coefficient (Wildman–Crippen LogP) is -1.85. The van der Waals surface area contributed by atoms with Gasteiger partial charge in [0.05, 0.1) is 6.61 Å². The molecule has 0 bridgehead atoms. The maximum Gasteiger partial charge on any atom is 0.518 e. The first-order valence-electron chi connectivity index (χ1n) is 2.52. The molecule has 0 aromatic carbocycles. The minimum Gasteiger partial charge on any atom is -0.393 e. The molecule has 0 saturated carbocycles. The van der Waals surface area contributed by atoms with Crippen LogP contribution >= 0.6 is 0 Å². The van der Waals surface area contributed by atoms with Crippen molar-refractivity contribution in [1.82, 2.24) is 0 Å². The van der Waals surface area contributed by atoms with Crippen molar-refractivity contribution in [2.24, 2.45) is 0 Å². The van der Waals surface area contributed by atoms with Gasteiger partial charge in [0.2, 0.25) is 0 Å². The van der Waals surface area contributed by atoms with Crippen LogP contribution in [0, 0.1) is 0 Å². The Morgan fingerprint density at radius 1 is 1.60 bits per heavy atom. The lowest BCUT2D eigenvalue weighted by Crippen LogP contribution is -2.59. The summed E-state index contributed by atoms with van der Waals surface area (Å²) < 4.78 is 7.93. The maximum atomic E-state index is 9.94. The molecule has 6 heteroatoms. The van der Waals surface area contributed by atoms with Gasteiger partial charge in [-0.3, -0.25) is 0 Å². The first-order valence-corrected chi connectivity index (χ1v) is 2.52. The smallest absolute Gasteiger partial charge is 0.393 e. The molecule has 0 aromatic rings. The molecule has 1 saturated heterocycles.